The van der Waals surface area contributed by atoms with Crippen molar-refractivity contribution in [2.75, 3.05) is 6.54 Å². The highest BCUT2D eigenvalue weighted by atomic mass is 16.2. The number of hydrogen-bond donors (Lipinski definition) is 2. The molecule has 6 heteroatoms. The maximum Gasteiger partial charge on any atom is 0.251 e. The molecule has 0 atom stereocenters. The Morgan fingerprint density at radius 3 is 2.50 bits per heavy atom. The van der Waals surface area contributed by atoms with Crippen LogP contribution in [0.25, 0.3) is 11.0 Å². The smallest absolute Gasteiger partial charge is 0.251 e. The molecule has 2 amide bonds. The second-order valence-electron chi connectivity index (χ2n) is 6.00. The molecule has 0 aliphatic rings. The van der Waals surface area contributed by atoms with Crippen molar-refractivity contribution in [3.63, 3.8) is 0 Å². The van der Waals surface area contributed by atoms with E-state index in [9.17, 15) is 9.59 Å². The summed E-state index contributed by atoms with van der Waals surface area (Å²) < 4.78 is 1.85. The van der Waals surface area contributed by atoms with Crippen molar-refractivity contribution in [3.8, 4) is 0 Å². The van der Waals surface area contributed by atoms with Crippen molar-refractivity contribution in [3.05, 3.63) is 66.0 Å². The van der Waals surface area contributed by atoms with Gasteiger partial charge in [-0.25, -0.2) is 4.98 Å². The Labute approximate surface area is 152 Å². The number of carbonyl (C=O) groups is 2. The third kappa shape index (κ3) is 4.08. The number of amides is 2. The van der Waals surface area contributed by atoms with Crippen LogP contribution in [0.5, 0.6) is 0 Å². The zero-order chi connectivity index (χ0) is 18.4. The number of para-hydroxylation sites is 2. The summed E-state index contributed by atoms with van der Waals surface area (Å²) in [5.74, 6) is 0.424. The molecule has 0 radical (unpaired) electrons. The van der Waals surface area contributed by atoms with Gasteiger partial charge in [-0.3, -0.25) is 9.59 Å². The van der Waals surface area contributed by atoms with Crippen LogP contribution in [0.2, 0.25) is 0 Å². The molecule has 26 heavy (non-hydrogen) atoms. The molecule has 0 spiro atoms. The summed E-state index contributed by atoms with van der Waals surface area (Å²) in [6.45, 7) is 3.09. The average Bonchev–Trinajstić information content (AvgIpc) is 3.02. The summed E-state index contributed by atoms with van der Waals surface area (Å²) in [5, 5.41) is 5.76. The standard InChI is InChI=1S/C20H22N4O2/c1-2-12-21-19(25)14-24-17-11-7-6-10-16(17)23-18(24)13-22-20(26)15-8-4-3-5-9-15/h3-11H,2,12-14H2,1H3,(H,21,25)(H,22,26). The lowest BCUT2D eigenvalue weighted by atomic mass is 10.2. The first kappa shape index (κ1) is 17.7. The zero-order valence-electron chi connectivity index (χ0n) is 14.7. The number of benzene rings is 2. The molecule has 6 nitrogen and oxygen atoms in total. The fraction of sp³-hybridized carbons (Fsp3) is 0.250. The van der Waals surface area contributed by atoms with Crippen molar-refractivity contribution in [2.45, 2.75) is 26.4 Å². The van der Waals surface area contributed by atoms with Crippen LogP contribution in [0.3, 0.4) is 0 Å². The molecule has 1 aromatic heterocycles. The summed E-state index contributed by atoms with van der Waals surface area (Å²) in [4.78, 5) is 29.0. The van der Waals surface area contributed by atoms with Gasteiger partial charge in [-0.2, -0.15) is 0 Å². The summed E-state index contributed by atoms with van der Waals surface area (Å²) in [6.07, 6.45) is 0.885. The lowest BCUT2D eigenvalue weighted by Crippen LogP contribution is -2.30. The Balaban J connectivity index is 1.79. The van der Waals surface area contributed by atoms with Crippen LogP contribution in [-0.4, -0.2) is 27.9 Å². The Kier molecular flexibility index (Phi) is 5.63. The van der Waals surface area contributed by atoms with E-state index in [0.717, 1.165) is 17.5 Å². The molecular weight excluding hydrogens is 328 g/mol. The van der Waals surface area contributed by atoms with Crippen LogP contribution in [0.1, 0.15) is 29.5 Å². The van der Waals surface area contributed by atoms with Crippen molar-refractivity contribution < 1.29 is 9.59 Å². The molecule has 2 aromatic carbocycles. The maximum atomic E-state index is 12.3. The topological polar surface area (TPSA) is 76.0 Å². The van der Waals surface area contributed by atoms with Gasteiger partial charge in [0.05, 0.1) is 17.6 Å². The minimum absolute atomic E-state index is 0.0642. The predicted molar refractivity (Wildman–Crippen MR) is 101 cm³/mol. The van der Waals surface area contributed by atoms with Crippen LogP contribution >= 0.6 is 0 Å². The molecule has 3 rings (SSSR count). The zero-order valence-corrected chi connectivity index (χ0v) is 14.7. The molecule has 134 valence electrons. The second-order valence-corrected chi connectivity index (χ2v) is 6.00. The van der Waals surface area contributed by atoms with E-state index in [-0.39, 0.29) is 24.9 Å². The van der Waals surface area contributed by atoms with Crippen LogP contribution in [0.15, 0.2) is 54.6 Å². The van der Waals surface area contributed by atoms with E-state index in [4.69, 9.17) is 0 Å². The minimum Gasteiger partial charge on any atom is -0.355 e. The van der Waals surface area contributed by atoms with Crippen LogP contribution < -0.4 is 10.6 Å². The quantitative estimate of drug-likeness (QED) is 0.687. The van der Waals surface area contributed by atoms with Crippen molar-refractivity contribution in [2.24, 2.45) is 0 Å². The van der Waals surface area contributed by atoms with Crippen molar-refractivity contribution in [1.82, 2.24) is 20.2 Å². The number of nitrogens with zero attached hydrogens (tertiary/aromatic N) is 2. The molecule has 0 aliphatic carbocycles. The van der Waals surface area contributed by atoms with E-state index in [1.165, 1.54) is 0 Å². The van der Waals surface area contributed by atoms with Gasteiger partial charge < -0.3 is 15.2 Å². The number of imidazole rings is 1. The molecule has 0 fully saturated rings. The highest BCUT2D eigenvalue weighted by Gasteiger charge is 2.14. The molecule has 0 saturated heterocycles. The highest BCUT2D eigenvalue weighted by Crippen LogP contribution is 2.16. The van der Waals surface area contributed by atoms with Gasteiger partial charge in [0, 0.05) is 12.1 Å². The molecule has 0 aliphatic heterocycles. The van der Waals surface area contributed by atoms with Crippen LogP contribution in [-0.2, 0) is 17.9 Å². The number of fused-ring (bicyclic) bond motifs is 1. The summed E-state index contributed by atoms with van der Waals surface area (Å²) in [5.41, 5.74) is 2.28. The maximum absolute atomic E-state index is 12.3. The van der Waals surface area contributed by atoms with Gasteiger partial charge >= 0.3 is 0 Å². The number of rotatable bonds is 7. The highest BCUT2D eigenvalue weighted by molar-refractivity contribution is 5.94. The first-order valence-corrected chi connectivity index (χ1v) is 8.73. The first-order valence-electron chi connectivity index (χ1n) is 8.73. The van der Waals surface area contributed by atoms with Gasteiger partial charge in [-0.1, -0.05) is 37.3 Å². The fourth-order valence-corrected chi connectivity index (χ4v) is 2.75. The molecule has 0 unspecified atom stereocenters. The Bertz CT molecular complexity index is 903. The predicted octanol–water partition coefficient (Wildman–Crippen LogP) is 2.49. The number of hydrogen-bond acceptors (Lipinski definition) is 3. The van der Waals surface area contributed by atoms with Gasteiger partial charge in [0.15, 0.2) is 0 Å². The normalized spacial score (nSPS) is 10.7. The molecule has 2 N–H and O–H groups in total. The number of carbonyl (C=O) groups excluding carboxylic acids is 2. The third-order valence-electron chi connectivity index (χ3n) is 4.05. The van der Waals surface area contributed by atoms with E-state index in [2.05, 4.69) is 15.6 Å². The van der Waals surface area contributed by atoms with Gasteiger partial charge in [-0.05, 0) is 30.7 Å². The van der Waals surface area contributed by atoms with Gasteiger partial charge in [0.25, 0.3) is 5.91 Å². The molecule has 1 heterocycles. The number of nitrogens with one attached hydrogen (secondary N) is 2. The molecule has 3 aromatic rings. The molecule has 0 saturated carbocycles. The SMILES string of the molecule is CCCNC(=O)Cn1c(CNC(=O)c2ccccc2)nc2ccccc21. The number of aromatic nitrogens is 2. The summed E-state index contributed by atoms with van der Waals surface area (Å²) >= 11 is 0. The van der Waals surface area contributed by atoms with E-state index in [1.54, 1.807) is 12.1 Å². The Morgan fingerprint density at radius 2 is 1.73 bits per heavy atom. The van der Waals surface area contributed by atoms with E-state index < -0.39 is 0 Å². The lowest BCUT2D eigenvalue weighted by Gasteiger charge is -2.10. The Morgan fingerprint density at radius 1 is 1.00 bits per heavy atom. The summed E-state index contributed by atoms with van der Waals surface area (Å²) in [6, 6.07) is 16.7. The van der Waals surface area contributed by atoms with Gasteiger partial charge in [-0.15, -0.1) is 0 Å². The Hall–Kier alpha value is -3.15. The molecule has 0 bridgehead atoms. The third-order valence-corrected chi connectivity index (χ3v) is 4.05. The minimum atomic E-state index is -0.167. The van der Waals surface area contributed by atoms with Crippen LogP contribution in [0.4, 0.5) is 0 Å². The van der Waals surface area contributed by atoms with E-state index in [0.29, 0.717) is 17.9 Å². The lowest BCUT2D eigenvalue weighted by molar-refractivity contribution is -0.121. The van der Waals surface area contributed by atoms with Gasteiger partial charge in [0.1, 0.15) is 12.4 Å². The first-order chi connectivity index (χ1) is 12.7. The second kappa shape index (κ2) is 8.29. The fourth-order valence-electron chi connectivity index (χ4n) is 2.75. The van der Waals surface area contributed by atoms with Crippen LogP contribution in [0, 0.1) is 0 Å². The van der Waals surface area contributed by atoms with E-state index in [1.807, 2.05) is 54.0 Å². The summed E-state index contributed by atoms with van der Waals surface area (Å²) in [7, 11) is 0. The average molecular weight is 350 g/mol. The largest absolute Gasteiger partial charge is 0.355 e. The monoisotopic (exact) mass is 350 g/mol. The van der Waals surface area contributed by atoms with Gasteiger partial charge in [0.2, 0.25) is 5.91 Å². The van der Waals surface area contributed by atoms with Crippen molar-refractivity contribution >= 4 is 22.8 Å². The molecular formula is C20H22N4O2. The van der Waals surface area contributed by atoms with Crippen molar-refractivity contribution in [1.29, 1.82) is 0 Å². The van der Waals surface area contributed by atoms with E-state index >= 15 is 0 Å².